The third kappa shape index (κ3) is 6.37. The van der Waals surface area contributed by atoms with Gasteiger partial charge in [0.15, 0.2) is 11.4 Å². The number of nitrogens with one attached hydrogen (secondary N) is 3. The van der Waals surface area contributed by atoms with Crippen LogP contribution in [0, 0.1) is 20.8 Å². The second kappa shape index (κ2) is 12.1. The molecule has 0 unspecified atom stereocenters. The van der Waals surface area contributed by atoms with Crippen molar-refractivity contribution in [1.82, 2.24) is 4.31 Å². The fourth-order valence-electron chi connectivity index (χ4n) is 5.13. The quantitative estimate of drug-likeness (QED) is 0.198. The number of hydrogen-bond acceptors (Lipinski definition) is 4. The summed E-state index contributed by atoms with van der Waals surface area (Å²) in [5.74, 6) is 0. The topological polar surface area (TPSA) is 79.5 Å². The number of aromatic nitrogens is 2. The first-order valence-corrected chi connectivity index (χ1v) is 15.9. The zero-order valence-electron chi connectivity index (χ0n) is 23.8. The average molecular weight is 635 g/mol. The number of rotatable bonds is 10. The number of H-pyrrole nitrogens is 1. The number of sulfonamides is 1. The zero-order chi connectivity index (χ0) is 29.1. The van der Waals surface area contributed by atoms with E-state index in [9.17, 15) is 8.42 Å². The van der Waals surface area contributed by atoms with Gasteiger partial charge in [0.2, 0.25) is 21.1 Å². The Bertz CT molecular complexity index is 1810. The third-order valence-electron chi connectivity index (χ3n) is 7.40. The third-order valence-corrected chi connectivity index (χ3v) is 9.84. The lowest BCUT2D eigenvalue weighted by Crippen LogP contribution is -2.38. The van der Waals surface area contributed by atoms with E-state index in [0.717, 1.165) is 49.0 Å². The Balaban J connectivity index is 1.37. The molecular weight excluding hydrogens is 598 g/mol. The highest BCUT2D eigenvalue weighted by Gasteiger charge is 2.24. The molecule has 5 rings (SSSR count). The van der Waals surface area contributed by atoms with Crippen LogP contribution in [0.1, 0.15) is 17.0 Å². The van der Waals surface area contributed by atoms with E-state index < -0.39 is 10.0 Å². The predicted octanol–water partition coefficient (Wildman–Crippen LogP) is 5.53. The first-order valence-electron chi connectivity index (χ1n) is 13.7. The van der Waals surface area contributed by atoms with Crippen LogP contribution >= 0.6 is 15.9 Å². The number of aromatic amines is 1. The number of hydrogen-bond donors (Lipinski definition) is 2. The van der Waals surface area contributed by atoms with Gasteiger partial charge in [-0.15, -0.1) is 0 Å². The number of aryl methyl sites for hydroxylation is 4. The van der Waals surface area contributed by atoms with Crippen LogP contribution in [0.5, 0.6) is 0 Å². The van der Waals surface area contributed by atoms with E-state index in [-0.39, 0.29) is 4.90 Å². The molecule has 2 aromatic heterocycles. The molecule has 0 amide bonds. The highest BCUT2D eigenvalue weighted by molar-refractivity contribution is 9.10. The minimum Gasteiger partial charge on any atom is -0.383 e. The van der Waals surface area contributed by atoms with Crippen LogP contribution in [0.4, 0.5) is 11.4 Å². The van der Waals surface area contributed by atoms with Gasteiger partial charge in [-0.05, 0) is 48.9 Å². The van der Waals surface area contributed by atoms with Gasteiger partial charge in [0.05, 0.1) is 27.0 Å². The van der Waals surface area contributed by atoms with Crippen LogP contribution in [0.25, 0.3) is 21.8 Å². The van der Waals surface area contributed by atoms with Gasteiger partial charge >= 0.3 is 0 Å². The fourth-order valence-corrected chi connectivity index (χ4v) is 6.84. The van der Waals surface area contributed by atoms with Crippen molar-refractivity contribution in [2.24, 2.45) is 7.05 Å². The number of benzene rings is 3. The fraction of sp³-hybridized carbons (Fsp3) is 0.250. The van der Waals surface area contributed by atoms with Gasteiger partial charge in [-0.25, -0.2) is 13.4 Å². The molecule has 0 atom stereocenters. The molecule has 0 bridgehead atoms. The summed E-state index contributed by atoms with van der Waals surface area (Å²) in [5.41, 5.74) is 7.46. The zero-order valence-corrected chi connectivity index (χ0v) is 26.2. The van der Waals surface area contributed by atoms with Crippen molar-refractivity contribution in [3.05, 3.63) is 100 Å². The molecule has 3 N–H and O–H groups in total. The molecule has 9 heteroatoms. The average Bonchev–Trinajstić information content (AvgIpc) is 2.95. The predicted molar refractivity (Wildman–Crippen MR) is 170 cm³/mol. The maximum absolute atomic E-state index is 13.8. The van der Waals surface area contributed by atoms with E-state index in [2.05, 4.69) is 99.5 Å². The van der Waals surface area contributed by atoms with Crippen LogP contribution in [0.3, 0.4) is 0 Å². The molecular formula is C32H36BrN5O2S+2. The molecule has 41 heavy (non-hydrogen) atoms. The molecule has 2 heterocycles. The van der Waals surface area contributed by atoms with Gasteiger partial charge in [0.1, 0.15) is 7.05 Å². The van der Waals surface area contributed by atoms with E-state index >= 15 is 0 Å². The van der Waals surface area contributed by atoms with Crippen molar-refractivity contribution in [1.29, 1.82) is 0 Å². The Morgan fingerprint density at radius 1 is 0.829 bits per heavy atom. The summed E-state index contributed by atoms with van der Waals surface area (Å²) >= 11 is 3.41. The van der Waals surface area contributed by atoms with Crippen molar-refractivity contribution in [3.8, 4) is 0 Å². The summed E-state index contributed by atoms with van der Waals surface area (Å²) in [6, 6.07) is 25.5. The monoisotopic (exact) mass is 633 g/mol. The summed E-state index contributed by atoms with van der Waals surface area (Å²) in [5, 5.41) is 9.20. The second-order valence-corrected chi connectivity index (χ2v) is 13.3. The summed E-state index contributed by atoms with van der Waals surface area (Å²) in [4.78, 5) is 3.69. The summed E-state index contributed by atoms with van der Waals surface area (Å²) in [7, 11) is -1.67. The smallest absolute Gasteiger partial charge is 0.243 e. The second-order valence-electron chi connectivity index (χ2n) is 10.4. The molecule has 0 aliphatic heterocycles. The van der Waals surface area contributed by atoms with Gasteiger partial charge in [0.25, 0.3) is 0 Å². The van der Waals surface area contributed by atoms with Gasteiger partial charge in [-0.3, -0.25) is 0 Å². The molecule has 0 spiro atoms. The molecule has 3 aromatic carbocycles. The Kier molecular flexibility index (Phi) is 8.58. The number of pyridine rings is 2. The van der Waals surface area contributed by atoms with Crippen LogP contribution in [0.15, 0.2) is 88.2 Å². The van der Waals surface area contributed by atoms with Crippen molar-refractivity contribution < 1.29 is 18.0 Å². The van der Waals surface area contributed by atoms with Crippen LogP contribution in [-0.4, -0.2) is 38.9 Å². The number of nitrogens with zero attached hydrogens (tertiary/aromatic N) is 2. The van der Waals surface area contributed by atoms with Crippen molar-refractivity contribution in [3.63, 3.8) is 0 Å². The highest BCUT2D eigenvalue weighted by atomic mass is 79.9. The van der Waals surface area contributed by atoms with Gasteiger partial charge in [-0.1, -0.05) is 34.1 Å². The van der Waals surface area contributed by atoms with Crippen molar-refractivity contribution >= 4 is 59.1 Å². The van der Waals surface area contributed by atoms with E-state index in [0.29, 0.717) is 26.2 Å². The summed E-state index contributed by atoms with van der Waals surface area (Å²) in [6.45, 7) is 7.72. The Morgan fingerprint density at radius 3 is 2.20 bits per heavy atom. The van der Waals surface area contributed by atoms with Gasteiger partial charge < -0.3 is 10.6 Å². The molecule has 5 aromatic rings. The maximum atomic E-state index is 13.8. The first kappa shape index (κ1) is 29.0. The van der Waals surface area contributed by atoms with E-state index in [4.69, 9.17) is 0 Å². The molecule has 212 valence electrons. The molecule has 0 aliphatic rings. The molecule has 0 aliphatic carbocycles. The number of fused-ring (bicyclic) bond motifs is 2. The van der Waals surface area contributed by atoms with Crippen LogP contribution in [0.2, 0.25) is 0 Å². The van der Waals surface area contributed by atoms with Crippen LogP contribution in [-0.2, 0) is 17.1 Å². The Hall–Kier alpha value is -3.53. The lowest BCUT2D eigenvalue weighted by Gasteiger charge is -2.23. The lowest BCUT2D eigenvalue weighted by molar-refractivity contribution is -0.651. The minimum absolute atomic E-state index is 0.278. The molecule has 0 saturated carbocycles. The normalized spacial score (nSPS) is 11.9. The van der Waals surface area contributed by atoms with E-state index in [1.165, 1.54) is 5.56 Å². The number of para-hydroxylation sites is 1. The Labute approximate surface area is 250 Å². The SMILES string of the molecule is Cc1ccc2[nH+]c(C)cc(NCCN(CCNc3cc(C)[n+](C)c4ccccc34)S(=O)(=O)c3ccc(Br)cc3)c2c1. The molecule has 7 nitrogen and oxygen atoms in total. The van der Waals surface area contributed by atoms with Crippen LogP contribution < -0.4 is 20.2 Å². The first-order chi connectivity index (χ1) is 19.6. The standard InChI is InChI=1S/C32H34BrN5O2S/c1-22-9-14-29-28(19-22)30(20-23(2)36-29)34-15-17-38(41(39,40)26-12-10-25(33)11-13-26)18-16-35-31-21-24(3)37(4)32-8-6-5-7-27(31)32/h5-14,19-21H,15-18H2,1-4H3,(H,34,36)/p+2. The molecule has 0 saturated heterocycles. The number of halogens is 1. The number of anilines is 2. The van der Waals surface area contributed by atoms with Crippen molar-refractivity contribution in [2.45, 2.75) is 25.7 Å². The molecule has 0 fully saturated rings. The maximum Gasteiger partial charge on any atom is 0.243 e. The lowest BCUT2D eigenvalue weighted by atomic mass is 10.1. The summed E-state index contributed by atoms with van der Waals surface area (Å²) in [6.07, 6.45) is 0. The van der Waals surface area contributed by atoms with E-state index in [1.807, 2.05) is 19.1 Å². The minimum atomic E-state index is -3.72. The highest BCUT2D eigenvalue weighted by Crippen LogP contribution is 2.24. The summed E-state index contributed by atoms with van der Waals surface area (Å²) < 4.78 is 32.1. The largest absolute Gasteiger partial charge is 0.383 e. The molecule has 0 radical (unpaired) electrons. The van der Waals surface area contributed by atoms with Crippen molar-refractivity contribution in [2.75, 3.05) is 36.8 Å². The Morgan fingerprint density at radius 2 is 1.49 bits per heavy atom. The van der Waals surface area contributed by atoms with Gasteiger partial charge in [-0.2, -0.15) is 8.87 Å². The van der Waals surface area contributed by atoms with Gasteiger partial charge in [0, 0.05) is 68.8 Å². The van der Waals surface area contributed by atoms with E-state index in [1.54, 1.807) is 28.6 Å².